The number of sulfonamides is 1. The monoisotopic (exact) mass is 481 g/mol. The molecule has 33 heavy (non-hydrogen) atoms. The van der Waals surface area contributed by atoms with Crippen LogP contribution in [-0.2, 0) is 26.2 Å². The summed E-state index contributed by atoms with van der Waals surface area (Å²) in [6.07, 6.45) is 5.69. The van der Waals surface area contributed by atoms with Gasteiger partial charge < -0.3 is 10.2 Å². The van der Waals surface area contributed by atoms with Gasteiger partial charge in [0.25, 0.3) is 0 Å². The quantitative estimate of drug-likeness (QED) is 0.694. The van der Waals surface area contributed by atoms with Crippen LogP contribution in [0.4, 0.5) is 0 Å². The Labute approximate surface area is 197 Å². The molecule has 0 unspecified atom stereocenters. The molecule has 0 spiro atoms. The van der Waals surface area contributed by atoms with Crippen molar-refractivity contribution in [3.63, 3.8) is 0 Å². The minimum atomic E-state index is -3.83. The van der Waals surface area contributed by atoms with E-state index in [9.17, 15) is 18.0 Å². The summed E-state index contributed by atoms with van der Waals surface area (Å²) in [6.45, 7) is 11.1. The molecule has 1 aromatic rings. The van der Waals surface area contributed by atoms with Gasteiger partial charge in [-0.2, -0.15) is 9.40 Å². The number of carbonyl (C=O) groups excluding carboxylic acids is 2. The van der Waals surface area contributed by atoms with E-state index in [0.29, 0.717) is 30.8 Å². The smallest absolute Gasteiger partial charge is 0.246 e. The third-order valence-corrected chi connectivity index (χ3v) is 8.49. The molecule has 186 valence electrons. The lowest BCUT2D eigenvalue weighted by Crippen LogP contribution is -2.47. The molecule has 0 aromatic carbocycles. The minimum absolute atomic E-state index is 0.0461. The number of hydrogen-bond donors (Lipinski definition) is 1. The summed E-state index contributed by atoms with van der Waals surface area (Å²) in [6, 6.07) is 0. The van der Waals surface area contributed by atoms with Gasteiger partial charge in [-0.05, 0) is 60.3 Å². The first-order valence-electron chi connectivity index (χ1n) is 12.0. The summed E-state index contributed by atoms with van der Waals surface area (Å²) in [5, 5.41) is 7.23. The Balaban J connectivity index is 1.77. The second kappa shape index (κ2) is 10.1. The van der Waals surface area contributed by atoms with Crippen LogP contribution in [0.15, 0.2) is 4.90 Å². The van der Waals surface area contributed by atoms with E-state index in [4.69, 9.17) is 0 Å². The molecule has 0 radical (unpaired) electrons. The summed E-state index contributed by atoms with van der Waals surface area (Å²) >= 11 is 0. The van der Waals surface area contributed by atoms with Crippen LogP contribution in [0.5, 0.6) is 0 Å². The summed E-state index contributed by atoms with van der Waals surface area (Å²) in [7, 11) is -3.83. The Morgan fingerprint density at radius 2 is 1.67 bits per heavy atom. The Morgan fingerprint density at radius 1 is 1.03 bits per heavy atom. The van der Waals surface area contributed by atoms with Gasteiger partial charge in [-0.15, -0.1) is 0 Å². The number of nitrogens with one attached hydrogen (secondary N) is 1. The standard InChI is InChI=1S/C23H39N5O4S/c1-17-21(18(2)28(25-17)16-20(29)24-23(3,4)5)33(31,32)27-14-10-11-19(15-27)22(30)26-12-8-6-7-9-13-26/h19H,6-16H2,1-5H3,(H,24,29)/t19-/m0/s1. The van der Waals surface area contributed by atoms with Gasteiger partial charge in [0.1, 0.15) is 11.4 Å². The number of carbonyl (C=O) groups is 2. The van der Waals surface area contributed by atoms with Gasteiger partial charge in [-0.25, -0.2) is 8.42 Å². The number of aromatic nitrogens is 2. The number of likely N-dealkylation sites (tertiary alicyclic amines) is 1. The second-order valence-corrected chi connectivity index (χ2v) is 12.3. The van der Waals surface area contributed by atoms with Crippen molar-refractivity contribution in [3.8, 4) is 0 Å². The molecule has 2 amide bonds. The van der Waals surface area contributed by atoms with Gasteiger partial charge in [0.05, 0.1) is 17.3 Å². The Hall–Kier alpha value is -1.94. The van der Waals surface area contributed by atoms with Crippen LogP contribution in [0.25, 0.3) is 0 Å². The highest BCUT2D eigenvalue weighted by atomic mass is 32.2. The molecule has 3 rings (SSSR count). The molecule has 2 saturated heterocycles. The average Bonchev–Trinajstić information content (AvgIpc) is 2.90. The molecule has 0 aliphatic carbocycles. The van der Waals surface area contributed by atoms with Crippen molar-refractivity contribution >= 4 is 21.8 Å². The van der Waals surface area contributed by atoms with Gasteiger partial charge in [0, 0.05) is 31.7 Å². The predicted octanol–water partition coefficient (Wildman–Crippen LogP) is 2.22. The van der Waals surface area contributed by atoms with Crippen molar-refractivity contribution in [2.45, 2.75) is 90.1 Å². The lowest BCUT2D eigenvalue weighted by Gasteiger charge is -2.34. The van der Waals surface area contributed by atoms with Crippen LogP contribution in [0.3, 0.4) is 0 Å². The zero-order valence-corrected chi connectivity index (χ0v) is 21.5. The van der Waals surface area contributed by atoms with Crippen LogP contribution in [0, 0.1) is 19.8 Å². The fraction of sp³-hybridized carbons (Fsp3) is 0.783. The van der Waals surface area contributed by atoms with Gasteiger partial charge in [-0.1, -0.05) is 12.8 Å². The summed E-state index contributed by atoms with van der Waals surface area (Å²) in [5.74, 6) is -0.447. The third kappa shape index (κ3) is 6.15. The van der Waals surface area contributed by atoms with Crippen LogP contribution in [0.2, 0.25) is 0 Å². The SMILES string of the molecule is Cc1nn(CC(=O)NC(C)(C)C)c(C)c1S(=O)(=O)N1CCC[C@H](C(=O)N2CCCCCC2)C1. The lowest BCUT2D eigenvalue weighted by molar-refractivity contribution is -0.136. The Morgan fingerprint density at radius 3 is 2.27 bits per heavy atom. The number of nitrogens with zero attached hydrogens (tertiary/aromatic N) is 4. The van der Waals surface area contributed by atoms with E-state index in [1.165, 1.54) is 8.99 Å². The zero-order chi connectivity index (χ0) is 24.4. The van der Waals surface area contributed by atoms with Crippen LogP contribution >= 0.6 is 0 Å². The largest absolute Gasteiger partial charge is 0.350 e. The fourth-order valence-corrected chi connectivity index (χ4v) is 6.74. The van der Waals surface area contributed by atoms with Crippen molar-refractivity contribution in [1.82, 2.24) is 24.3 Å². The lowest BCUT2D eigenvalue weighted by atomic mass is 9.98. The van der Waals surface area contributed by atoms with Gasteiger partial charge in [0.2, 0.25) is 21.8 Å². The minimum Gasteiger partial charge on any atom is -0.350 e. The topological polar surface area (TPSA) is 105 Å². The Bertz CT molecular complexity index is 972. The first kappa shape index (κ1) is 25.7. The number of amides is 2. The predicted molar refractivity (Wildman–Crippen MR) is 126 cm³/mol. The summed E-state index contributed by atoms with van der Waals surface area (Å²) < 4.78 is 30.1. The number of rotatable bonds is 5. The summed E-state index contributed by atoms with van der Waals surface area (Å²) in [4.78, 5) is 27.6. The van der Waals surface area contributed by atoms with Crippen LogP contribution in [0.1, 0.15) is 70.7 Å². The highest BCUT2D eigenvalue weighted by Gasteiger charge is 2.37. The molecule has 10 heteroatoms. The van der Waals surface area contributed by atoms with Gasteiger partial charge in [0.15, 0.2) is 0 Å². The fourth-order valence-electron chi connectivity index (χ4n) is 4.84. The highest BCUT2D eigenvalue weighted by Crippen LogP contribution is 2.29. The first-order valence-corrected chi connectivity index (χ1v) is 13.5. The number of piperidine rings is 1. The molecule has 1 N–H and O–H groups in total. The highest BCUT2D eigenvalue weighted by molar-refractivity contribution is 7.89. The van der Waals surface area contributed by atoms with Gasteiger partial charge >= 0.3 is 0 Å². The molecule has 1 atom stereocenters. The maximum absolute atomic E-state index is 13.6. The number of hydrogen-bond acceptors (Lipinski definition) is 5. The molecule has 0 bridgehead atoms. The molecular weight excluding hydrogens is 442 g/mol. The van der Waals surface area contributed by atoms with E-state index in [2.05, 4.69) is 10.4 Å². The first-order chi connectivity index (χ1) is 15.4. The van der Waals surface area contributed by atoms with Crippen molar-refractivity contribution in [1.29, 1.82) is 0 Å². The summed E-state index contributed by atoms with van der Waals surface area (Å²) in [5.41, 5.74) is 0.430. The van der Waals surface area contributed by atoms with E-state index in [-0.39, 0.29) is 41.3 Å². The van der Waals surface area contributed by atoms with E-state index in [1.54, 1.807) is 13.8 Å². The number of aryl methyl sites for hydroxylation is 1. The molecule has 0 saturated carbocycles. The maximum Gasteiger partial charge on any atom is 0.246 e. The van der Waals surface area contributed by atoms with Crippen molar-refractivity contribution in [2.24, 2.45) is 5.92 Å². The third-order valence-electron chi connectivity index (χ3n) is 6.37. The van der Waals surface area contributed by atoms with E-state index >= 15 is 0 Å². The zero-order valence-electron chi connectivity index (χ0n) is 20.7. The van der Waals surface area contributed by atoms with E-state index in [0.717, 1.165) is 38.8 Å². The second-order valence-electron chi connectivity index (χ2n) is 10.4. The molecule has 3 heterocycles. The molecule has 2 aliphatic heterocycles. The van der Waals surface area contributed by atoms with Crippen LogP contribution < -0.4 is 5.32 Å². The maximum atomic E-state index is 13.6. The molecular formula is C23H39N5O4S. The molecule has 9 nitrogen and oxygen atoms in total. The molecule has 1 aromatic heterocycles. The van der Waals surface area contributed by atoms with Crippen molar-refractivity contribution in [3.05, 3.63) is 11.4 Å². The van der Waals surface area contributed by atoms with E-state index in [1.807, 2.05) is 25.7 Å². The van der Waals surface area contributed by atoms with Crippen LogP contribution in [-0.4, -0.2) is 70.9 Å². The van der Waals surface area contributed by atoms with Gasteiger partial charge in [-0.3, -0.25) is 14.3 Å². The molecule has 2 fully saturated rings. The molecule has 2 aliphatic rings. The van der Waals surface area contributed by atoms with Crippen molar-refractivity contribution in [2.75, 3.05) is 26.2 Å². The Kier molecular flexibility index (Phi) is 7.88. The average molecular weight is 482 g/mol. The van der Waals surface area contributed by atoms with Crippen molar-refractivity contribution < 1.29 is 18.0 Å². The normalized spacial score (nSPS) is 21.0. The van der Waals surface area contributed by atoms with E-state index < -0.39 is 10.0 Å².